The number of para-hydroxylation sites is 1. The molecule has 0 radical (unpaired) electrons. The molecule has 0 aliphatic heterocycles. The van der Waals surface area contributed by atoms with Gasteiger partial charge in [0, 0.05) is 17.1 Å². The van der Waals surface area contributed by atoms with Crippen LogP contribution in [0.25, 0.3) is 5.69 Å². The van der Waals surface area contributed by atoms with Gasteiger partial charge in [-0.25, -0.2) is 4.98 Å². The van der Waals surface area contributed by atoms with Crippen LogP contribution in [0, 0.1) is 6.92 Å². The van der Waals surface area contributed by atoms with Crippen molar-refractivity contribution in [3.8, 4) is 11.4 Å². The lowest BCUT2D eigenvalue weighted by Crippen LogP contribution is -2.16. The van der Waals surface area contributed by atoms with E-state index in [1.165, 1.54) is 11.8 Å². The number of pyridine rings is 1. The van der Waals surface area contributed by atoms with Crippen molar-refractivity contribution in [2.45, 2.75) is 25.5 Å². The second-order valence-corrected chi connectivity index (χ2v) is 8.32. The molecule has 0 spiro atoms. The minimum Gasteiger partial charge on any atom is -0.494 e. The van der Waals surface area contributed by atoms with Gasteiger partial charge in [-0.15, -0.1) is 10.2 Å². The molecule has 4 rings (SSSR count). The van der Waals surface area contributed by atoms with Gasteiger partial charge in [0.05, 0.1) is 18.9 Å². The van der Waals surface area contributed by atoms with Gasteiger partial charge in [0.15, 0.2) is 11.0 Å². The number of aryl methyl sites for hydroxylation is 1. The van der Waals surface area contributed by atoms with E-state index in [1.54, 1.807) is 6.07 Å². The number of hydrogen-bond donors (Lipinski definition) is 2. The highest BCUT2D eigenvalue weighted by Crippen LogP contribution is 2.23. The first-order valence-corrected chi connectivity index (χ1v) is 11.9. The second-order valence-electron chi connectivity index (χ2n) is 7.38. The van der Waals surface area contributed by atoms with Crippen LogP contribution in [0.3, 0.4) is 0 Å². The molecule has 1 amide bonds. The van der Waals surface area contributed by atoms with E-state index in [0.29, 0.717) is 24.1 Å². The maximum atomic E-state index is 12.5. The fourth-order valence-corrected chi connectivity index (χ4v) is 4.05. The topological polar surface area (TPSA) is 94.0 Å². The average molecular weight is 475 g/mol. The number of nitrogens with zero attached hydrogens (tertiary/aromatic N) is 4. The Kier molecular flexibility index (Phi) is 7.77. The van der Waals surface area contributed by atoms with Gasteiger partial charge < -0.3 is 15.4 Å². The van der Waals surface area contributed by atoms with Gasteiger partial charge >= 0.3 is 0 Å². The molecule has 34 heavy (non-hydrogen) atoms. The van der Waals surface area contributed by atoms with Gasteiger partial charge in [-0.1, -0.05) is 36.0 Å². The molecule has 2 aromatic heterocycles. The summed E-state index contributed by atoms with van der Waals surface area (Å²) in [7, 11) is 0. The molecule has 174 valence electrons. The summed E-state index contributed by atoms with van der Waals surface area (Å²) >= 11 is 1.33. The summed E-state index contributed by atoms with van der Waals surface area (Å²) in [6, 6.07) is 23.2. The van der Waals surface area contributed by atoms with Crippen LogP contribution >= 0.6 is 11.8 Å². The number of anilines is 2. The largest absolute Gasteiger partial charge is 0.494 e. The zero-order valence-corrected chi connectivity index (χ0v) is 19.9. The minimum atomic E-state index is -0.153. The molecular weight excluding hydrogens is 448 g/mol. The van der Waals surface area contributed by atoms with E-state index in [0.717, 1.165) is 28.6 Å². The second kappa shape index (κ2) is 11.3. The molecule has 0 atom stereocenters. The quantitative estimate of drug-likeness (QED) is 0.321. The third-order valence-corrected chi connectivity index (χ3v) is 5.75. The maximum Gasteiger partial charge on any atom is 0.236 e. The fraction of sp³-hybridized carbons (Fsp3) is 0.200. The fourth-order valence-electron chi connectivity index (χ4n) is 3.28. The number of hydrogen-bond acceptors (Lipinski definition) is 7. The summed E-state index contributed by atoms with van der Waals surface area (Å²) in [4.78, 5) is 16.8. The van der Waals surface area contributed by atoms with Crippen molar-refractivity contribution < 1.29 is 9.53 Å². The number of nitrogens with one attached hydrogen (secondary N) is 2. The van der Waals surface area contributed by atoms with Crippen molar-refractivity contribution in [2.24, 2.45) is 0 Å². The monoisotopic (exact) mass is 474 g/mol. The Morgan fingerprint density at radius 1 is 1.00 bits per heavy atom. The predicted molar refractivity (Wildman–Crippen MR) is 135 cm³/mol. The zero-order chi connectivity index (χ0) is 23.8. The molecule has 2 aromatic carbocycles. The molecule has 0 saturated heterocycles. The molecule has 9 heteroatoms. The highest BCUT2D eigenvalue weighted by molar-refractivity contribution is 7.99. The van der Waals surface area contributed by atoms with Crippen LogP contribution in [0.2, 0.25) is 0 Å². The first-order chi connectivity index (χ1) is 16.6. The molecular formula is C25H26N6O2S. The average Bonchev–Trinajstić information content (AvgIpc) is 3.26. The Balaban J connectivity index is 1.46. The van der Waals surface area contributed by atoms with E-state index in [9.17, 15) is 4.79 Å². The van der Waals surface area contributed by atoms with Crippen molar-refractivity contribution >= 4 is 29.2 Å². The highest BCUT2D eigenvalue weighted by atomic mass is 32.2. The van der Waals surface area contributed by atoms with E-state index in [1.807, 2.05) is 85.1 Å². The molecule has 2 N–H and O–H groups in total. The number of thioether (sulfide) groups is 1. The lowest BCUT2D eigenvalue weighted by Gasteiger charge is -2.12. The third kappa shape index (κ3) is 6.14. The number of carbonyl (C=O) groups is 1. The third-order valence-electron chi connectivity index (χ3n) is 4.82. The Bertz CT molecular complexity index is 1230. The van der Waals surface area contributed by atoms with E-state index >= 15 is 0 Å². The van der Waals surface area contributed by atoms with E-state index in [4.69, 9.17) is 4.74 Å². The number of rotatable bonds is 10. The molecule has 4 aromatic rings. The van der Waals surface area contributed by atoms with Crippen molar-refractivity contribution in [3.05, 3.63) is 84.3 Å². The van der Waals surface area contributed by atoms with Crippen LogP contribution in [-0.2, 0) is 11.3 Å². The van der Waals surface area contributed by atoms with Gasteiger partial charge in [-0.2, -0.15) is 0 Å². The molecule has 2 heterocycles. The van der Waals surface area contributed by atoms with E-state index < -0.39 is 0 Å². The van der Waals surface area contributed by atoms with Crippen LogP contribution in [0.1, 0.15) is 18.4 Å². The summed E-state index contributed by atoms with van der Waals surface area (Å²) < 4.78 is 7.46. The van der Waals surface area contributed by atoms with E-state index in [2.05, 4.69) is 25.8 Å². The van der Waals surface area contributed by atoms with Crippen LogP contribution in [0.5, 0.6) is 5.75 Å². The first-order valence-electron chi connectivity index (χ1n) is 10.9. The van der Waals surface area contributed by atoms with Crippen molar-refractivity contribution in [2.75, 3.05) is 23.0 Å². The summed E-state index contributed by atoms with van der Waals surface area (Å²) in [5, 5.41) is 15.6. The number of carbonyl (C=O) groups excluding carboxylic acids is 1. The molecule has 0 saturated carbocycles. The molecule has 0 aliphatic rings. The molecule has 0 bridgehead atoms. The summed E-state index contributed by atoms with van der Waals surface area (Å²) in [5.74, 6) is 2.14. The maximum absolute atomic E-state index is 12.5. The molecule has 8 nitrogen and oxygen atoms in total. The Labute approximate surface area is 202 Å². The SMILES string of the molecule is CCOc1ccc(NCc2nnc(SCC(=O)Nc3cccc(C)n3)n2-c2ccccc2)cc1. The van der Waals surface area contributed by atoms with Crippen molar-refractivity contribution in [1.82, 2.24) is 19.7 Å². The number of ether oxygens (including phenoxy) is 1. The van der Waals surface area contributed by atoms with Gasteiger partial charge in [-0.05, 0) is 62.4 Å². The summed E-state index contributed by atoms with van der Waals surface area (Å²) in [5.41, 5.74) is 2.73. The predicted octanol–water partition coefficient (Wildman–Crippen LogP) is 4.71. The van der Waals surface area contributed by atoms with Gasteiger partial charge in [0.1, 0.15) is 11.6 Å². The Morgan fingerprint density at radius 2 is 1.79 bits per heavy atom. The van der Waals surface area contributed by atoms with Crippen LogP contribution in [0.15, 0.2) is 78.0 Å². The first kappa shape index (κ1) is 23.3. The van der Waals surface area contributed by atoms with Crippen LogP contribution in [-0.4, -0.2) is 38.0 Å². The highest BCUT2D eigenvalue weighted by Gasteiger charge is 2.16. The van der Waals surface area contributed by atoms with Gasteiger partial charge in [0.25, 0.3) is 0 Å². The van der Waals surface area contributed by atoms with Gasteiger partial charge in [-0.3, -0.25) is 9.36 Å². The van der Waals surface area contributed by atoms with E-state index in [-0.39, 0.29) is 11.7 Å². The van der Waals surface area contributed by atoms with Crippen LogP contribution in [0.4, 0.5) is 11.5 Å². The lowest BCUT2D eigenvalue weighted by molar-refractivity contribution is -0.113. The standard InChI is InChI=1S/C25H26N6O2S/c1-3-33-21-14-12-19(13-15-21)26-16-23-29-30-25(31(23)20-9-5-4-6-10-20)34-17-24(32)28-22-11-7-8-18(2)27-22/h4-15,26H,3,16-17H2,1-2H3,(H,27,28,32). The van der Waals surface area contributed by atoms with Crippen molar-refractivity contribution in [3.63, 3.8) is 0 Å². The number of aromatic nitrogens is 4. The molecule has 0 aliphatic carbocycles. The Hall–Kier alpha value is -3.85. The normalized spacial score (nSPS) is 10.6. The summed E-state index contributed by atoms with van der Waals surface area (Å²) in [6.45, 7) is 4.94. The smallest absolute Gasteiger partial charge is 0.236 e. The Morgan fingerprint density at radius 3 is 2.53 bits per heavy atom. The number of benzene rings is 2. The number of amides is 1. The van der Waals surface area contributed by atoms with Crippen LogP contribution < -0.4 is 15.4 Å². The lowest BCUT2D eigenvalue weighted by atomic mass is 10.3. The zero-order valence-electron chi connectivity index (χ0n) is 19.1. The van der Waals surface area contributed by atoms with Crippen molar-refractivity contribution in [1.29, 1.82) is 0 Å². The molecule has 0 unspecified atom stereocenters. The van der Waals surface area contributed by atoms with Gasteiger partial charge in [0.2, 0.25) is 5.91 Å². The minimum absolute atomic E-state index is 0.153. The molecule has 0 fully saturated rings. The summed E-state index contributed by atoms with van der Waals surface area (Å²) in [6.07, 6.45) is 0.